The fraction of sp³-hybridized carbons (Fsp3) is 0.600. The molecule has 1 aliphatic heterocycles. The Balaban J connectivity index is 2.16. The fourth-order valence-corrected chi connectivity index (χ4v) is 2.02. The molecular weight excluding hydrogens is 206 g/mol. The summed E-state index contributed by atoms with van der Waals surface area (Å²) in [6, 6.07) is 2.19. The van der Waals surface area contributed by atoms with Gasteiger partial charge in [0.05, 0.1) is 12.1 Å². The number of nitrogens with two attached hydrogens (primary N) is 1. The molecule has 1 fully saturated rings. The molecule has 0 aliphatic carbocycles. The summed E-state index contributed by atoms with van der Waals surface area (Å²) in [7, 11) is 2.01. The van der Waals surface area contributed by atoms with Crippen molar-refractivity contribution in [3.05, 3.63) is 12.4 Å². The minimum absolute atomic E-state index is 0.231. The van der Waals surface area contributed by atoms with Crippen LogP contribution in [-0.2, 0) is 4.74 Å². The number of nitrogens with zero attached hydrogens (tertiary/aromatic N) is 3. The fourth-order valence-electron chi connectivity index (χ4n) is 2.02. The number of likely N-dealkylation sites (N-methyl/N-ethyl adjacent to an activating group) is 1. The average Bonchev–Trinajstić information content (AvgIpc) is 2.74. The second-order valence-electron chi connectivity index (χ2n) is 3.95. The lowest BCUT2D eigenvalue weighted by atomic mass is 10.1. The van der Waals surface area contributed by atoms with Gasteiger partial charge in [0, 0.05) is 19.7 Å². The first-order valence-corrected chi connectivity index (χ1v) is 5.35. The second kappa shape index (κ2) is 4.63. The Kier molecular flexibility index (Phi) is 3.21. The summed E-state index contributed by atoms with van der Waals surface area (Å²) < 4.78 is 5.54. The molecule has 1 aliphatic rings. The third kappa shape index (κ3) is 2.07. The minimum Gasteiger partial charge on any atom is -0.376 e. The van der Waals surface area contributed by atoms with Gasteiger partial charge in [0.15, 0.2) is 0 Å². The van der Waals surface area contributed by atoms with Crippen molar-refractivity contribution in [1.29, 1.82) is 0 Å². The van der Waals surface area contributed by atoms with Gasteiger partial charge in [-0.2, -0.15) is 0 Å². The van der Waals surface area contributed by atoms with E-state index in [1.165, 1.54) is 6.33 Å². The van der Waals surface area contributed by atoms with Crippen LogP contribution in [0.15, 0.2) is 12.4 Å². The quantitative estimate of drug-likeness (QED) is 0.570. The van der Waals surface area contributed by atoms with E-state index in [9.17, 15) is 0 Å². The standard InChI is InChI=1S/C10H17N5O/c1-7-8(3-4-16-7)15(2)10-5-9(14-11)12-6-13-10/h5-8H,3-4,11H2,1-2H3,(H,12,13,14). The summed E-state index contributed by atoms with van der Waals surface area (Å²) in [6.07, 6.45) is 2.75. The van der Waals surface area contributed by atoms with Crippen LogP contribution in [0.25, 0.3) is 0 Å². The highest BCUT2D eigenvalue weighted by Crippen LogP contribution is 2.23. The molecule has 6 heteroatoms. The van der Waals surface area contributed by atoms with Gasteiger partial charge in [0.1, 0.15) is 18.0 Å². The lowest BCUT2D eigenvalue weighted by molar-refractivity contribution is 0.118. The number of rotatable bonds is 3. The molecule has 2 unspecified atom stereocenters. The summed E-state index contributed by atoms with van der Waals surface area (Å²) in [5.74, 6) is 6.78. The molecule has 3 N–H and O–H groups in total. The van der Waals surface area contributed by atoms with Gasteiger partial charge >= 0.3 is 0 Å². The van der Waals surface area contributed by atoms with E-state index in [0.29, 0.717) is 11.9 Å². The van der Waals surface area contributed by atoms with Gasteiger partial charge in [-0.3, -0.25) is 0 Å². The van der Waals surface area contributed by atoms with Gasteiger partial charge < -0.3 is 15.1 Å². The maximum absolute atomic E-state index is 5.54. The van der Waals surface area contributed by atoms with Crippen molar-refractivity contribution in [3.63, 3.8) is 0 Å². The van der Waals surface area contributed by atoms with Gasteiger partial charge in [0.25, 0.3) is 0 Å². The van der Waals surface area contributed by atoms with E-state index in [4.69, 9.17) is 10.6 Å². The smallest absolute Gasteiger partial charge is 0.145 e. The van der Waals surface area contributed by atoms with Crippen LogP contribution in [0.4, 0.5) is 11.6 Å². The number of nitrogens with one attached hydrogen (secondary N) is 1. The number of hydrogen-bond acceptors (Lipinski definition) is 6. The van der Waals surface area contributed by atoms with E-state index in [1.54, 1.807) is 0 Å². The Bertz CT molecular complexity index is 359. The van der Waals surface area contributed by atoms with Crippen molar-refractivity contribution in [2.24, 2.45) is 5.84 Å². The molecule has 2 rings (SSSR count). The van der Waals surface area contributed by atoms with Crippen molar-refractivity contribution in [2.45, 2.75) is 25.5 Å². The topological polar surface area (TPSA) is 76.3 Å². The first kappa shape index (κ1) is 11.1. The van der Waals surface area contributed by atoms with Gasteiger partial charge in [-0.15, -0.1) is 0 Å². The number of hydrogen-bond donors (Lipinski definition) is 2. The highest BCUT2D eigenvalue weighted by molar-refractivity contribution is 5.48. The molecule has 16 heavy (non-hydrogen) atoms. The Labute approximate surface area is 94.8 Å². The van der Waals surface area contributed by atoms with E-state index in [0.717, 1.165) is 18.8 Å². The molecule has 0 spiro atoms. The van der Waals surface area contributed by atoms with E-state index < -0.39 is 0 Å². The van der Waals surface area contributed by atoms with Crippen LogP contribution in [0.1, 0.15) is 13.3 Å². The van der Waals surface area contributed by atoms with Crippen LogP contribution < -0.4 is 16.2 Å². The maximum atomic E-state index is 5.54. The van der Waals surface area contributed by atoms with Gasteiger partial charge in [0.2, 0.25) is 0 Å². The normalized spacial score (nSPS) is 24.4. The molecule has 2 heterocycles. The molecule has 0 radical (unpaired) electrons. The van der Waals surface area contributed by atoms with Crippen LogP contribution >= 0.6 is 0 Å². The SMILES string of the molecule is CC1OCCC1N(C)c1cc(NN)ncn1. The summed E-state index contributed by atoms with van der Waals surface area (Å²) in [6.45, 7) is 2.89. The van der Waals surface area contributed by atoms with Crippen LogP contribution in [0.2, 0.25) is 0 Å². The van der Waals surface area contributed by atoms with Crippen molar-refractivity contribution in [1.82, 2.24) is 9.97 Å². The first-order valence-electron chi connectivity index (χ1n) is 5.35. The summed E-state index contributed by atoms with van der Waals surface area (Å²) in [5, 5.41) is 0. The Morgan fingerprint density at radius 2 is 2.38 bits per heavy atom. The molecule has 0 amide bonds. The van der Waals surface area contributed by atoms with Crippen LogP contribution in [0.3, 0.4) is 0 Å². The molecule has 2 atom stereocenters. The molecule has 88 valence electrons. The predicted molar refractivity (Wildman–Crippen MR) is 62.1 cm³/mol. The zero-order chi connectivity index (χ0) is 11.5. The van der Waals surface area contributed by atoms with Gasteiger partial charge in [-0.25, -0.2) is 15.8 Å². The molecule has 1 aromatic rings. The number of nitrogen functional groups attached to an aromatic ring is 1. The van der Waals surface area contributed by atoms with Crippen molar-refractivity contribution >= 4 is 11.6 Å². The maximum Gasteiger partial charge on any atom is 0.145 e. The van der Waals surface area contributed by atoms with E-state index in [1.807, 2.05) is 13.1 Å². The number of anilines is 2. The van der Waals surface area contributed by atoms with E-state index in [2.05, 4.69) is 27.2 Å². The van der Waals surface area contributed by atoms with E-state index in [-0.39, 0.29) is 6.10 Å². The monoisotopic (exact) mass is 223 g/mol. The number of ether oxygens (including phenoxy) is 1. The molecule has 1 aromatic heterocycles. The lowest BCUT2D eigenvalue weighted by Crippen LogP contribution is -2.37. The summed E-state index contributed by atoms with van der Waals surface area (Å²) >= 11 is 0. The number of hydrazine groups is 1. The second-order valence-corrected chi connectivity index (χ2v) is 3.95. The largest absolute Gasteiger partial charge is 0.376 e. The Hall–Kier alpha value is -1.40. The highest BCUT2D eigenvalue weighted by Gasteiger charge is 2.28. The van der Waals surface area contributed by atoms with Crippen molar-refractivity contribution in [2.75, 3.05) is 24.0 Å². The van der Waals surface area contributed by atoms with Crippen molar-refractivity contribution in [3.8, 4) is 0 Å². The van der Waals surface area contributed by atoms with Crippen LogP contribution in [0.5, 0.6) is 0 Å². The van der Waals surface area contributed by atoms with E-state index >= 15 is 0 Å². The van der Waals surface area contributed by atoms with Crippen LogP contribution in [0, 0.1) is 0 Å². The molecule has 1 saturated heterocycles. The summed E-state index contributed by atoms with van der Waals surface area (Å²) in [5.41, 5.74) is 2.51. The van der Waals surface area contributed by atoms with Crippen molar-refractivity contribution < 1.29 is 4.74 Å². The molecular formula is C10H17N5O. The molecule has 6 nitrogen and oxygen atoms in total. The highest BCUT2D eigenvalue weighted by atomic mass is 16.5. The zero-order valence-electron chi connectivity index (χ0n) is 9.55. The third-order valence-electron chi connectivity index (χ3n) is 3.00. The molecule has 0 aromatic carbocycles. The molecule has 0 bridgehead atoms. The third-order valence-corrected chi connectivity index (χ3v) is 3.00. The predicted octanol–water partition coefficient (Wildman–Crippen LogP) is 0.376. The average molecular weight is 223 g/mol. The van der Waals surface area contributed by atoms with Gasteiger partial charge in [-0.05, 0) is 13.3 Å². The van der Waals surface area contributed by atoms with Gasteiger partial charge in [-0.1, -0.05) is 0 Å². The zero-order valence-corrected chi connectivity index (χ0v) is 9.55. The lowest BCUT2D eigenvalue weighted by Gasteiger charge is -2.27. The molecule has 0 saturated carbocycles. The summed E-state index contributed by atoms with van der Waals surface area (Å²) in [4.78, 5) is 10.3. The minimum atomic E-state index is 0.231. The Morgan fingerprint density at radius 3 is 3.00 bits per heavy atom. The number of aromatic nitrogens is 2. The first-order chi connectivity index (χ1) is 7.72. The van der Waals surface area contributed by atoms with Crippen LogP contribution in [-0.4, -0.2) is 35.8 Å². The Morgan fingerprint density at radius 1 is 1.56 bits per heavy atom.